The molecule has 0 aliphatic rings. The van der Waals surface area contributed by atoms with Crippen molar-refractivity contribution in [1.29, 1.82) is 5.26 Å². The maximum atomic E-state index is 12.9. The number of amides is 1. The van der Waals surface area contributed by atoms with E-state index in [1.165, 1.54) is 18.2 Å². The first-order valence-electron chi connectivity index (χ1n) is 10.5. The van der Waals surface area contributed by atoms with Crippen LogP contribution in [0.15, 0.2) is 70.7 Å². The molecule has 0 heterocycles. The molecular weight excluding hydrogens is 561 g/mol. The van der Waals surface area contributed by atoms with Crippen molar-refractivity contribution < 1.29 is 27.4 Å². The molecule has 10 heteroatoms. The minimum Gasteiger partial charge on any atom is -0.490 e. The lowest BCUT2D eigenvalue weighted by Gasteiger charge is -2.15. The van der Waals surface area contributed by atoms with Crippen molar-refractivity contribution in [3.05, 3.63) is 92.4 Å². The Morgan fingerprint density at radius 1 is 1.14 bits per heavy atom. The maximum Gasteiger partial charge on any atom is 0.416 e. The van der Waals surface area contributed by atoms with Gasteiger partial charge in [-0.15, -0.1) is 0 Å². The summed E-state index contributed by atoms with van der Waals surface area (Å²) in [5.41, 5.74) is -0.104. The zero-order valence-corrected chi connectivity index (χ0v) is 21.2. The highest BCUT2D eigenvalue weighted by Crippen LogP contribution is 2.38. The van der Waals surface area contributed by atoms with Gasteiger partial charge in [0, 0.05) is 15.7 Å². The van der Waals surface area contributed by atoms with E-state index in [1.807, 2.05) is 24.3 Å². The summed E-state index contributed by atoms with van der Waals surface area (Å²) in [6.07, 6.45) is -3.31. The van der Waals surface area contributed by atoms with Gasteiger partial charge in [-0.1, -0.05) is 51.8 Å². The quantitative estimate of drug-likeness (QED) is 0.220. The fraction of sp³-hybridized carbons (Fsp3) is 0.154. The van der Waals surface area contributed by atoms with E-state index in [1.54, 1.807) is 19.1 Å². The fourth-order valence-electron chi connectivity index (χ4n) is 3.13. The summed E-state index contributed by atoms with van der Waals surface area (Å²) in [6, 6.07) is 16.5. The number of benzene rings is 3. The number of rotatable bonds is 8. The summed E-state index contributed by atoms with van der Waals surface area (Å²) in [4.78, 5) is 12.6. The van der Waals surface area contributed by atoms with E-state index in [4.69, 9.17) is 21.1 Å². The average Bonchev–Trinajstić information content (AvgIpc) is 2.83. The molecule has 3 aromatic rings. The molecule has 5 nitrogen and oxygen atoms in total. The molecule has 1 amide bonds. The zero-order valence-electron chi connectivity index (χ0n) is 18.8. The number of hydrogen-bond donors (Lipinski definition) is 1. The first-order chi connectivity index (χ1) is 17.1. The molecule has 0 saturated carbocycles. The second-order valence-corrected chi connectivity index (χ2v) is 8.61. The third-order valence-corrected chi connectivity index (χ3v) is 5.84. The van der Waals surface area contributed by atoms with Crippen LogP contribution in [0, 0.1) is 11.3 Å². The largest absolute Gasteiger partial charge is 0.490 e. The summed E-state index contributed by atoms with van der Waals surface area (Å²) in [7, 11) is 0. The lowest BCUT2D eigenvalue weighted by Crippen LogP contribution is -2.14. The van der Waals surface area contributed by atoms with Crippen LogP contribution in [0.2, 0.25) is 5.02 Å². The van der Waals surface area contributed by atoms with Gasteiger partial charge in [-0.2, -0.15) is 18.4 Å². The Morgan fingerprint density at radius 2 is 1.89 bits per heavy atom. The number of nitriles is 1. The highest BCUT2D eigenvalue weighted by atomic mass is 79.9. The van der Waals surface area contributed by atoms with Crippen molar-refractivity contribution in [3.8, 4) is 17.6 Å². The minimum absolute atomic E-state index is 0.0974. The van der Waals surface area contributed by atoms with E-state index >= 15 is 0 Å². The van der Waals surface area contributed by atoms with Gasteiger partial charge in [0.25, 0.3) is 5.91 Å². The topological polar surface area (TPSA) is 71.3 Å². The average molecular weight is 580 g/mol. The standard InChI is InChI=1S/C26H19BrClF3N2O3/c1-2-35-23-12-16(11-22(28)24(23)36-15-17-6-3-4-9-21(17)27)10-18(14-32)25(34)33-20-8-5-7-19(13-20)26(29,30)31/h3-13H,2,15H2,1H3,(H,33,34)/b18-10+. The Hall–Kier alpha value is -3.48. The van der Waals surface area contributed by atoms with Crippen LogP contribution >= 0.6 is 27.5 Å². The molecule has 0 radical (unpaired) electrons. The van der Waals surface area contributed by atoms with Gasteiger partial charge in [0.2, 0.25) is 0 Å². The zero-order chi connectivity index (χ0) is 26.3. The van der Waals surface area contributed by atoms with Gasteiger partial charge >= 0.3 is 6.18 Å². The van der Waals surface area contributed by atoms with E-state index in [0.29, 0.717) is 23.7 Å². The first-order valence-corrected chi connectivity index (χ1v) is 11.7. The van der Waals surface area contributed by atoms with E-state index in [9.17, 15) is 23.2 Å². The molecule has 0 unspecified atom stereocenters. The Morgan fingerprint density at radius 3 is 2.56 bits per heavy atom. The van der Waals surface area contributed by atoms with Gasteiger partial charge in [-0.25, -0.2) is 0 Å². The number of carbonyl (C=O) groups is 1. The summed E-state index contributed by atoms with van der Waals surface area (Å²) < 4.78 is 51.3. The van der Waals surface area contributed by atoms with E-state index in [-0.39, 0.29) is 22.9 Å². The second-order valence-electron chi connectivity index (χ2n) is 7.35. The molecule has 3 aromatic carbocycles. The predicted octanol–water partition coefficient (Wildman–Crippen LogP) is 7.64. The number of hydrogen-bond acceptors (Lipinski definition) is 4. The molecule has 0 atom stereocenters. The SMILES string of the molecule is CCOc1cc(/C=C(\C#N)C(=O)Nc2cccc(C(F)(F)F)c2)cc(Cl)c1OCc1ccccc1Br. The molecule has 0 fully saturated rings. The summed E-state index contributed by atoms with van der Waals surface area (Å²) in [5.74, 6) is -0.280. The molecule has 0 aromatic heterocycles. The van der Waals surface area contributed by atoms with Crippen LogP contribution in [0.3, 0.4) is 0 Å². The van der Waals surface area contributed by atoms with Crippen LogP contribution in [-0.2, 0) is 17.6 Å². The Bertz CT molecular complexity index is 1340. The fourth-order valence-corrected chi connectivity index (χ4v) is 3.80. The van der Waals surface area contributed by atoms with Crippen LogP contribution in [-0.4, -0.2) is 12.5 Å². The Labute approximate surface area is 219 Å². The molecule has 36 heavy (non-hydrogen) atoms. The van der Waals surface area contributed by atoms with Gasteiger partial charge in [0.1, 0.15) is 18.2 Å². The third-order valence-electron chi connectivity index (χ3n) is 4.79. The number of alkyl halides is 3. The maximum absolute atomic E-state index is 12.9. The van der Waals surface area contributed by atoms with E-state index in [0.717, 1.165) is 28.2 Å². The summed E-state index contributed by atoms with van der Waals surface area (Å²) in [6.45, 7) is 2.28. The van der Waals surface area contributed by atoms with Crippen LogP contribution in [0.1, 0.15) is 23.6 Å². The Kier molecular flexibility index (Phi) is 9.02. The van der Waals surface area contributed by atoms with Crippen LogP contribution in [0.4, 0.5) is 18.9 Å². The van der Waals surface area contributed by atoms with Gasteiger partial charge in [0.15, 0.2) is 11.5 Å². The van der Waals surface area contributed by atoms with Crippen molar-refractivity contribution in [1.82, 2.24) is 0 Å². The molecule has 186 valence electrons. The number of nitrogens with one attached hydrogen (secondary N) is 1. The second kappa shape index (κ2) is 12.0. The van der Waals surface area contributed by atoms with E-state index < -0.39 is 17.6 Å². The molecule has 0 aliphatic heterocycles. The molecule has 0 saturated heterocycles. The predicted molar refractivity (Wildman–Crippen MR) is 135 cm³/mol. The highest BCUT2D eigenvalue weighted by molar-refractivity contribution is 9.10. The van der Waals surface area contributed by atoms with Crippen LogP contribution in [0.5, 0.6) is 11.5 Å². The number of nitrogens with zero attached hydrogens (tertiary/aromatic N) is 1. The highest BCUT2D eigenvalue weighted by Gasteiger charge is 2.30. The first kappa shape index (κ1) is 27.1. The number of halogens is 5. The smallest absolute Gasteiger partial charge is 0.416 e. The van der Waals surface area contributed by atoms with Crippen molar-refractivity contribution >= 4 is 45.2 Å². The van der Waals surface area contributed by atoms with Gasteiger partial charge in [0.05, 0.1) is 17.2 Å². The summed E-state index contributed by atoms with van der Waals surface area (Å²) >= 11 is 9.90. The van der Waals surface area contributed by atoms with Crippen molar-refractivity contribution in [2.75, 3.05) is 11.9 Å². The molecule has 0 bridgehead atoms. The van der Waals surface area contributed by atoms with Gasteiger partial charge < -0.3 is 14.8 Å². The van der Waals surface area contributed by atoms with Crippen LogP contribution in [0.25, 0.3) is 6.08 Å². The summed E-state index contributed by atoms with van der Waals surface area (Å²) in [5, 5.41) is 12.0. The molecule has 0 aliphatic carbocycles. The number of ether oxygens (including phenoxy) is 2. The molecule has 0 spiro atoms. The van der Waals surface area contributed by atoms with Gasteiger partial charge in [-0.3, -0.25) is 4.79 Å². The lowest BCUT2D eigenvalue weighted by molar-refractivity contribution is -0.137. The number of anilines is 1. The van der Waals surface area contributed by atoms with Crippen molar-refractivity contribution in [2.45, 2.75) is 19.7 Å². The molecular formula is C26H19BrClF3N2O3. The number of carbonyl (C=O) groups excluding carboxylic acids is 1. The normalized spacial score (nSPS) is 11.5. The molecule has 1 N–H and O–H groups in total. The lowest BCUT2D eigenvalue weighted by atomic mass is 10.1. The van der Waals surface area contributed by atoms with Crippen LogP contribution < -0.4 is 14.8 Å². The molecule has 3 rings (SSSR count). The van der Waals surface area contributed by atoms with Gasteiger partial charge in [-0.05, 0) is 55.0 Å². The minimum atomic E-state index is -4.57. The third kappa shape index (κ3) is 7.03. The monoisotopic (exact) mass is 578 g/mol. The Balaban J connectivity index is 1.85. The van der Waals surface area contributed by atoms with Crippen molar-refractivity contribution in [3.63, 3.8) is 0 Å². The van der Waals surface area contributed by atoms with E-state index in [2.05, 4.69) is 21.2 Å². The van der Waals surface area contributed by atoms with Crippen molar-refractivity contribution in [2.24, 2.45) is 0 Å².